The number of amides is 2. The fourth-order valence-corrected chi connectivity index (χ4v) is 7.63. The van der Waals surface area contributed by atoms with Gasteiger partial charge >= 0.3 is 0 Å². The van der Waals surface area contributed by atoms with Gasteiger partial charge in [0.1, 0.15) is 0 Å². The molecule has 49 heavy (non-hydrogen) atoms. The van der Waals surface area contributed by atoms with E-state index < -0.39 is 0 Å². The van der Waals surface area contributed by atoms with Crippen LogP contribution in [-0.4, -0.2) is 16.4 Å². The second-order valence-electron chi connectivity index (χ2n) is 12.4. The molecule has 0 unspecified atom stereocenters. The summed E-state index contributed by atoms with van der Waals surface area (Å²) in [6.45, 7) is 5.85. The Bertz CT molecular complexity index is 2530. The number of aromatic nitrogens is 1. The van der Waals surface area contributed by atoms with Gasteiger partial charge in [-0.05, 0) is 79.4 Å². The Hall–Kier alpha value is -6.76. The molecule has 0 bridgehead atoms. The Morgan fingerprint density at radius 1 is 0.531 bits per heavy atom. The van der Waals surface area contributed by atoms with Crippen LogP contribution in [0.5, 0.6) is 0 Å². The second-order valence-corrected chi connectivity index (χ2v) is 12.4. The molecule has 6 heteroatoms. The quantitative estimate of drug-likeness (QED) is 0.181. The normalized spacial score (nSPS) is 12.4. The Balaban J connectivity index is 1.49. The standard InChI is InChI=1S/C43H28N4O2/c1-25-21-26(2)41(27(3)22-25)47-42(48)34-17-10-20-37(40(34)43(47)49)46-35-18-8-15-32(30-13-6-4-11-28(30)23-44)38(35)39-33(16-9-19-36(39)46)31-14-7-5-12-29(31)24-45/h4-22H,1-3H3. The van der Waals surface area contributed by atoms with Crippen LogP contribution in [0.15, 0.2) is 115 Å². The first-order chi connectivity index (χ1) is 23.8. The van der Waals surface area contributed by atoms with Gasteiger partial charge < -0.3 is 4.57 Å². The summed E-state index contributed by atoms with van der Waals surface area (Å²) < 4.78 is 2.05. The Kier molecular flexibility index (Phi) is 6.77. The van der Waals surface area contributed by atoms with Gasteiger partial charge in [-0.2, -0.15) is 10.5 Å². The average Bonchev–Trinajstić information content (AvgIpc) is 3.59. The van der Waals surface area contributed by atoms with Crippen molar-refractivity contribution in [1.29, 1.82) is 10.5 Å². The van der Waals surface area contributed by atoms with Crippen LogP contribution >= 0.6 is 0 Å². The number of nitrogens with zero attached hydrogens (tertiary/aromatic N) is 4. The van der Waals surface area contributed by atoms with Crippen LogP contribution < -0.4 is 4.90 Å². The summed E-state index contributed by atoms with van der Waals surface area (Å²) >= 11 is 0. The van der Waals surface area contributed by atoms with Crippen molar-refractivity contribution in [2.24, 2.45) is 0 Å². The molecule has 7 aromatic rings. The van der Waals surface area contributed by atoms with E-state index in [1.807, 2.05) is 122 Å². The molecule has 0 saturated heterocycles. The number of carbonyl (C=O) groups excluding carboxylic acids is 2. The molecule has 0 aliphatic carbocycles. The molecule has 0 spiro atoms. The number of hydrogen-bond acceptors (Lipinski definition) is 4. The molecule has 6 nitrogen and oxygen atoms in total. The smallest absolute Gasteiger partial charge is 0.268 e. The van der Waals surface area contributed by atoms with Crippen molar-refractivity contribution in [2.75, 3.05) is 4.90 Å². The van der Waals surface area contributed by atoms with E-state index in [1.54, 1.807) is 18.2 Å². The van der Waals surface area contributed by atoms with Crippen molar-refractivity contribution in [1.82, 2.24) is 4.57 Å². The molecular weight excluding hydrogens is 604 g/mol. The lowest BCUT2D eigenvalue weighted by atomic mass is 9.91. The molecule has 0 saturated carbocycles. The number of benzene rings is 6. The maximum Gasteiger partial charge on any atom is 0.268 e. The van der Waals surface area contributed by atoms with Gasteiger partial charge in [0.2, 0.25) is 0 Å². The van der Waals surface area contributed by atoms with Crippen molar-refractivity contribution in [2.45, 2.75) is 20.8 Å². The fraction of sp³-hybridized carbons (Fsp3) is 0.0698. The van der Waals surface area contributed by atoms with Crippen molar-refractivity contribution in [3.63, 3.8) is 0 Å². The predicted molar refractivity (Wildman–Crippen MR) is 193 cm³/mol. The molecule has 0 fully saturated rings. The SMILES string of the molecule is Cc1cc(C)c(N2C(=O)c3cccc(-n4c5cccc(-c6ccccc6C#N)c5c5c(-c6ccccc6C#N)cccc54)c3C2=O)c(C)c1. The summed E-state index contributed by atoms with van der Waals surface area (Å²) in [7, 11) is 0. The lowest BCUT2D eigenvalue weighted by Gasteiger charge is -2.20. The summed E-state index contributed by atoms with van der Waals surface area (Å²) in [5.74, 6) is -0.734. The number of carbonyl (C=O) groups is 2. The highest BCUT2D eigenvalue weighted by Gasteiger charge is 2.40. The number of nitriles is 2. The molecule has 1 aliphatic rings. The number of anilines is 1. The molecule has 0 N–H and O–H groups in total. The molecule has 1 aromatic heterocycles. The molecule has 2 heterocycles. The van der Waals surface area contributed by atoms with Gasteiger partial charge in [0.25, 0.3) is 11.8 Å². The monoisotopic (exact) mass is 632 g/mol. The molecule has 2 amide bonds. The minimum atomic E-state index is -0.377. The van der Waals surface area contributed by atoms with Crippen molar-refractivity contribution in [3.05, 3.63) is 154 Å². The molecule has 232 valence electrons. The average molecular weight is 633 g/mol. The third-order valence-corrected chi connectivity index (χ3v) is 9.48. The van der Waals surface area contributed by atoms with Gasteiger partial charge in [0, 0.05) is 21.9 Å². The molecule has 1 aliphatic heterocycles. The van der Waals surface area contributed by atoms with E-state index in [4.69, 9.17) is 0 Å². The first kappa shape index (κ1) is 29.6. The Labute approximate surface area is 283 Å². The van der Waals surface area contributed by atoms with E-state index in [9.17, 15) is 20.1 Å². The number of rotatable bonds is 4. The minimum Gasteiger partial charge on any atom is -0.308 e. The summed E-state index contributed by atoms with van der Waals surface area (Å²) in [6.07, 6.45) is 0. The Morgan fingerprint density at radius 2 is 1.00 bits per heavy atom. The first-order valence-electron chi connectivity index (χ1n) is 16.0. The third-order valence-electron chi connectivity index (χ3n) is 9.48. The fourth-order valence-electron chi connectivity index (χ4n) is 7.63. The molecule has 0 radical (unpaired) electrons. The van der Waals surface area contributed by atoms with E-state index >= 15 is 0 Å². The zero-order chi connectivity index (χ0) is 34.0. The first-order valence-corrected chi connectivity index (χ1v) is 16.0. The second kappa shape index (κ2) is 11.2. The largest absolute Gasteiger partial charge is 0.308 e. The van der Waals surface area contributed by atoms with Gasteiger partial charge in [0.05, 0.1) is 56.8 Å². The van der Waals surface area contributed by atoms with E-state index in [2.05, 4.69) is 12.1 Å². The maximum absolute atomic E-state index is 14.5. The highest BCUT2D eigenvalue weighted by Crippen LogP contribution is 2.45. The number of fused-ring (bicyclic) bond motifs is 4. The minimum absolute atomic E-state index is 0.330. The Morgan fingerprint density at radius 3 is 1.53 bits per heavy atom. The third kappa shape index (κ3) is 4.32. The van der Waals surface area contributed by atoms with Crippen LogP contribution in [-0.2, 0) is 0 Å². The van der Waals surface area contributed by atoms with E-state index in [1.165, 1.54) is 4.90 Å². The summed E-state index contributed by atoms with van der Waals surface area (Å²) in [5.41, 5.74) is 10.6. The van der Waals surface area contributed by atoms with Crippen molar-refractivity contribution >= 4 is 39.3 Å². The van der Waals surface area contributed by atoms with E-state index in [0.29, 0.717) is 33.6 Å². The number of imide groups is 1. The maximum atomic E-state index is 14.5. The van der Waals surface area contributed by atoms with Crippen molar-refractivity contribution < 1.29 is 9.59 Å². The predicted octanol–water partition coefficient (Wildman–Crippen LogP) is 9.59. The number of hydrogen-bond donors (Lipinski definition) is 0. The van der Waals surface area contributed by atoms with Crippen molar-refractivity contribution in [3.8, 4) is 40.1 Å². The van der Waals surface area contributed by atoms with Crippen LogP contribution in [0.25, 0.3) is 49.7 Å². The van der Waals surface area contributed by atoms with Gasteiger partial charge in [0.15, 0.2) is 0 Å². The van der Waals surface area contributed by atoms with Gasteiger partial charge in [-0.3, -0.25) is 9.59 Å². The van der Waals surface area contributed by atoms with Crippen LogP contribution in [0.2, 0.25) is 0 Å². The van der Waals surface area contributed by atoms with Gasteiger partial charge in [-0.25, -0.2) is 4.90 Å². The van der Waals surface area contributed by atoms with Crippen LogP contribution in [0.3, 0.4) is 0 Å². The lowest BCUT2D eigenvalue weighted by Crippen LogP contribution is -2.31. The highest BCUT2D eigenvalue weighted by molar-refractivity contribution is 6.36. The van der Waals surface area contributed by atoms with Gasteiger partial charge in [-0.15, -0.1) is 0 Å². The summed E-state index contributed by atoms with van der Waals surface area (Å²) in [6, 6.07) is 41.0. The van der Waals surface area contributed by atoms with Crippen LogP contribution in [0.1, 0.15) is 48.5 Å². The van der Waals surface area contributed by atoms with Crippen LogP contribution in [0.4, 0.5) is 5.69 Å². The molecular formula is C43H28N4O2. The van der Waals surface area contributed by atoms with Crippen LogP contribution in [0, 0.1) is 43.4 Å². The summed E-state index contributed by atoms with van der Waals surface area (Å²) in [4.78, 5) is 30.0. The lowest BCUT2D eigenvalue weighted by molar-refractivity contribution is 0.0925. The van der Waals surface area contributed by atoms with E-state index in [-0.39, 0.29) is 11.8 Å². The zero-order valence-electron chi connectivity index (χ0n) is 27.1. The van der Waals surface area contributed by atoms with E-state index in [0.717, 1.165) is 60.8 Å². The number of aryl methyl sites for hydroxylation is 3. The molecule has 8 rings (SSSR count). The van der Waals surface area contributed by atoms with Gasteiger partial charge in [-0.1, -0.05) is 84.4 Å². The summed E-state index contributed by atoms with van der Waals surface area (Å²) in [5, 5.41) is 22.0. The topological polar surface area (TPSA) is 89.9 Å². The highest BCUT2D eigenvalue weighted by atomic mass is 16.2. The molecule has 6 aromatic carbocycles. The zero-order valence-corrected chi connectivity index (χ0v) is 27.1. The molecule has 0 atom stereocenters.